The third kappa shape index (κ3) is 5.49. The Morgan fingerprint density at radius 3 is 1.82 bits per heavy atom. The van der Waals surface area contributed by atoms with Crippen molar-refractivity contribution in [2.45, 2.75) is 26.4 Å². The molecule has 0 unspecified atom stereocenters. The van der Waals surface area contributed by atoms with Gasteiger partial charge < -0.3 is 24.7 Å². The van der Waals surface area contributed by atoms with Crippen LogP contribution in [0.5, 0.6) is 0 Å². The molecule has 2 N–H and O–H groups in total. The Kier molecular flexibility index (Phi) is 8.38. The Balaban J connectivity index is 0.00000400. The molecule has 232 valence electrons. The molecule has 0 spiro atoms. The van der Waals surface area contributed by atoms with E-state index in [0.29, 0.717) is 33.9 Å². The average Bonchev–Trinajstić information content (AvgIpc) is 3.58. The van der Waals surface area contributed by atoms with E-state index < -0.39 is 11.9 Å². The van der Waals surface area contributed by atoms with Crippen LogP contribution in [0.3, 0.4) is 0 Å². The highest BCUT2D eigenvalue weighted by Crippen LogP contribution is 2.28. The smallest absolute Gasteiger partial charge is 0.358 e. The van der Waals surface area contributed by atoms with Crippen molar-refractivity contribution in [3.63, 3.8) is 0 Å². The van der Waals surface area contributed by atoms with Gasteiger partial charge in [0.15, 0.2) is 11.4 Å². The molecule has 0 bridgehead atoms. The fourth-order valence-corrected chi connectivity index (χ4v) is 5.43. The van der Waals surface area contributed by atoms with Gasteiger partial charge in [-0.1, -0.05) is 30.4 Å². The minimum atomic E-state index is -0.641. The highest BCUT2D eigenvalue weighted by Gasteiger charge is 2.30. The van der Waals surface area contributed by atoms with E-state index >= 15 is 0 Å². The molecule has 6 rings (SSSR count). The molecule has 13 heteroatoms. The first kappa shape index (κ1) is 30.9. The summed E-state index contributed by atoms with van der Waals surface area (Å²) in [6, 6.07) is 10.9. The van der Waals surface area contributed by atoms with Crippen LogP contribution in [0, 0.1) is 6.92 Å². The van der Waals surface area contributed by atoms with Gasteiger partial charge in [0.1, 0.15) is 12.7 Å². The average molecular weight is 613 g/mol. The highest BCUT2D eigenvalue weighted by molar-refractivity contribution is 6.00. The summed E-state index contributed by atoms with van der Waals surface area (Å²) >= 11 is 0. The molecule has 2 aliphatic rings. The van der Waals surface area contributed by atoms with Gasteiger partial charge in [-0.3, -0.25) is 18.7 Å². The second-order valence-corrected chi connectivity index (χ2v) is 10.8. The summed E-state index contributed by atoms with van der Waals surface area (Å²) in [7, 11) is 3.33. The molecule has 0 saturated heterocycles. The van der Waals surface area contributed by atoms with Crippen molar-refractivity contribution in [1.29, 1.82) is 0 Å². The molecule has 4 heterocycles. The number of carbonyl (C=O) groups is 4. The van der Waals surface area contributed by atoms with Gasteiger partial charge in [-0.25, -0.2) is 19.6 Å². The van der Waals surface area contributed by atoms with Crippen LogP contribution in [-0.2, 0) is 22.6 Å². The highest BCUT2D eigenvalue weighted by atomic mass is 16.5. The summed E-state index contributed by atoms with van der Waals surface area (Å²) in [6.45, 7) is 6.00. The Hall–Kier alpha value is -5.56. The molecule has 2 amide bonds. The number of amides is 2. The summed E-state index contributed by atoms with van der Waals surface area (Å²) in [5.41, 5.74) is 5.34. The number of aromatic nitrogens is 4. The van der Waals surface area contributed by atoms with Crippen LogP contribution in [0.1, 0.15) is 70.6 Å². The minimum Gasteiger partial charge on any atom is -0.461 e. The van der Waals surface area contributed by atoms with Crippen LogP contribution in [0.25, 0.3) is 17.5 Å². The summed E-state index contributed by atoms with van der Waals surface area (Å²) in [5.74, 6) is -1.60. The number of hydrogen-bond acceptors (Lipinski definition) is 8. The van der Waals surface area contributed by atoms with Crippen LogP contribution < -0.4 is 0 Å². The summed E-state index contributed by atoms with van der Waals surface area (Å²) in [6.07, 6.45) is 4.93. The van der Waals surface area contributed by atoms with E-state index in [4.69, 9.17) is 9.47 Å². The first-order valence-corrected chi connectivity index (χ1v) is 14.0. The van der Waals surface area contributed by atoms with Crippen molar-refractivity contribution in [3.8, 4) is 11.4 Å². The number of carbonyl (C=O) groups excluding carboxylic acids is 4. The Labute approximate surface area is 258 Å². The van der Waals surface area contributed by atoms with Crippen LogP contribution in [0.4, 0.5) is 0 Å². The lowest BCUT2D eigenvalue weighted by atomic mass is 10.1. The number of imidazole rings is 2. The zero-order valence-corrected chi connectivity index (χ0v) is 25.1. The number of hydrogen-bond donors (Lipinski definition) is 0. The molecule has 0 radical (unpaired) electrons. The second kappa shape index (κ2) is 12.2. The Bertz CT molecular complexity index is 1860. The third-order valence-corrected chi connectivity index (χ3v) is 7.73. The van der Waals surface area contributed by atoms with Crippen molar-refractivity contribution in [1.82, 2.24) is 28.9 Å². The maximum Gasteiger partial charge on any atom is 0.358 e. The second-order valence-electron chi connectivity index (χ2n) is 10.8. The van der Waals surface area contributed by atoms with E-state index in [9.17, 15) is 19.2 Å². The van der Waals surface area contributed by atoms with Gasteiger partial charge in [-0.05, 0) is 36.8 Å². The maximum atomic E-state index is 13.0. The summed E-state index contributed by atoms with van der Waals surface area (Å²) in [4.78, 5) is 63.5. The monoisotopic (exact) mass is 612 g/mol. The topological polar surface area (TPSA) is 160 Å². The van der Waals surface area contributed by atoms with Crippen molar-refractivity contribution in [2.75, 3.05) is 27.3 Å². The summed E-state index contributed by atoms with van der Waals surface area (Å²) in [5, 5.41) is 0. The number of fused-ring (bicyclic) bond motifs is 6. The number of rotatable bonds is 7. The van der Waals surface area contributed by atoms with Gasteiger partial charge in [0.2, 0.25) is 0 Å². The minimum absolute atomic E-state index is 0. The standard InChI is InChI=1S/C32H30N6O6.H2O/c1-5-20-8-10-24-22(14-20)30(40)36(4)16-26-28(34-18-38(24)26)32(42)44-12-6-11-43-31(41)27-25-15-35(3)29(39)21-13-19(2)7-9-23(21)37(25)17-33-27;/h5,7-10,13-14,17-18H,1,6,11-12,15-16H2,2-4H3;1H2. The van der Waals surface area contributed by atoms with E-state index in [1.165, 1.54) is 22.5 Å². The molecular weight excluding hydrogens is 580 g/mol. The van der Waals surface area contributed by atoms with Gasteiger partial charge >= 0.3 is 11.9 Å². The quantitative estimate of drug-likeness (QED) is 0.227. The molecule has 45 heavy (non-hydrogen) atoms. The third-order valence-electron chi connectivity index (χ3n) is 7.73. The molecule has 2 aromatic heterocycles. The molecular formula is C32H32N6O7. The van der Waals surface area contributed by atoms with E-state index in [0.717, 1.165) is 11.1 Å². The predicted octanol–water partition coefficient (Wildman–Crippen LogP) is 2.76. The number of benzene rings is 2. The van der Waals surface area contributed by atoms with Gasteiger partial charge in [-0.2, -0.15) is 0 Å². The molecule has 0 atom stereocenters. The van der Waals surface area contributed by atoms with Crippen molar-refractivity contribution < 1.29 is 34.1 Å². The normalized spacial score (nSPS) is 13.4. The van der Waals surface area contributed by atoms with Gasteiger partial charge in [0, 0.05) is 20.5 Å². The summed E-state index contributed by atoms with van der Waals surface area (Å²) < 4.78 is 14.4. The lowest BCUT2D eigenvalue weighted by molar-refractivity contribution is 0.0385. The van der Waals surface area contributed by atoms with E-state index in [1.54, 1.807) is 41.4 Å². The molecule has 0 aliphatic carbocycles. The molecule has 2 aliphatic heterocycles. The Morgan fingerprint density at radius 2 is 1.31 bits per heavy atom. The fraction of sp³-hybridized carbons (Fsp3) is 0.250. The molecule has 4 aromatic rings. The molecule has 2 aromatic carbocycles. The largest absolute Gasteiger partial charge is 0.461 e. The molecule has 0 saturated carbocycles. The number of nitrogens with zero attached hydrogens (tertiary/aromatic N) is 6. The zero-order chi connectivity index (χ0) is 31.1. The van der Waals surface area contributed by atoms with E-state index in [1.807, 2.05) is 31.2 Å². The first-order valence-electron chi connectivity index (χ1n) is 14.0. The van der Waals surface area contributed by atoms with Gasteiger partial charge in [0.05, 0.1) is 60.2 Å². The van der Waals surface area contributed by atoms with Crippen molar-refractivity contribution in [3.05, 3.63) is 101 Å². The molecule has 0 fully saturated rings. The Morgan fingerprint density at radius 1 is 0.822 bits per heavy atom. The fourth-order valence-electron chi connectivity index (χ4n) is 5.43. The first-order chi connectivity index (χ1) is 21.2. The van der Waals surface area contributed by atoms with Crippen molar-refractivity contribution in [2.24, 2.45) is 0 Å². The number of esters is 2. The SMILES string of the molecule is C=Cc1ccc2c(c1)C(=O)N(C)Cc1c(C(=O)OCCCOC(=O)c3ncn4c3CN(C)C(=O)c3cc(C)ccc3-4)ncn1-2.O. The zero-order valence-electron chi connectivity index (χ0n) is 25.1. The van der Waals surface area contributed by atoms with E-state index in [2.05, 4.69) is 16.5 Å². The van der Waals surface area contributed by atoms with E-state index in [-0.39, 0.29) is 61.4 Å². The number of ether oxygens (including phenoxy) is 2. The predicted molar refractivity (Wildman–Crippen MR) is 162 cm³/mol. The van der Waals surface area contributed by atoms with Crippen LogP contribution in [0.2, 0.25) is 0 Å². The van der Waals surface area contributed by atoms with Gasteiger partial charge in [-0.15, -0.1) is 0 Å². The molecule has 13 nitrogen and oxygen atoms in total. The van der Waals surface area contributed by atoms with Gasteiger partial charge in [0.25, 0.3) is 11.8 Å². The lowest BCUT2D eigenvalue weighted by Crippen LogP contribution is -2.26. The van der Waals surface area contributed by atoms with Crippen molar-refractivity contribution >= 4 is 29.8 Å². The number of aryl methyl sites for hydroxylation is 1. The van der Waals surface area contributed by atoms with Crippen LogP contribution in [0.15, 0.2) is 55.6 Å². The maximum absolute atomic E-state index is 13.0. The van der Waals surface area contributed by atoms with Crippen LogP contribution >= 0.6 is 0 Å². The van der Waals surface area contributed by atoms with Crippen LogP contribution in [-0.4, -0.2) is 85.4 Å². The lowest BCUT2D eigenvalue weighted by Gasteiger charge is -2.15.